The number of nitrogens with zero attached hydrogens (tertiary/aromatic N) is 2. The maximum Gasteiger partial charge on any atom is 0.255 e. The molecule has 0 aromatic heterocycles. The van der Waals surface area contributed by atoms with Gasteiger partial charge in [-0.1, -0.05) is 24.6 Å². The van der Waals surface area contributed by atoms with Gasteiger partial charge in [0, 0.05) is 30.6 Å². The van der Waals surface area contributed by atoms with Gasteiger partial charge in [0.1, 0.15) is 6.04 Å². The summed E-state index contributed by atoms with van der Waals surface area (Å²) in [5.74, 6) is -0.663. The van der Waals surface area contributed by atoms with E-state index in [1.54, 1.807) is 4.90 Å². The average Bonchev–Trinajstić information content (AvgIpc) is 3.08. The molecule has 5 rings (SSSR count). The van der Waals surface area contributed by atoms with Gasteiger partial charge in [0.15, 0.2) is 0 Å². The number of benzene rings is 1. The fourth-order valence-corrected chi connectivity index (χ4v) is 5.88. The molecular formula is C23H30N4O3. The van der Waals surface area contributed by atoms with Gasteiger partial charge in [-0.15, -0.1) is 0 Å². The summed E-state index contributed by atoms with van der Waals surface area (Å²) in [4.78, 5) is 41.5. The van der Waals surface area contributed by atoms with Gasteiger partial charge in [-0.3, -0.25) is 24.6 Å². The molecule has 4 heterocycles. The van der Waals surface area contributed by atoms with E-state index in [-0.39, 0.29) is 29.7 Å². The molecule has 160 valence electrons. The summed E-state index contributed by atoms with van der Waals surface area (Å²) in [5.41, 5.74) is 3.10. The van der Waals surface area contributed by atoms with E-state index in [1.807, 2.05) is 12.1 Å². The maximum absolute atomic E-state index is 13.4. The highest BCUT2D eigenvalue weighted by Gasteiger charge is 2.42. The third-order valence-electron chi connectivity index (χ3n) is 7.53. The summed E-state index contributed by atoms with van der Waals surface area (Å²) in [5, 5.41) is 5.88. The van der Waals surface area contributed by atoms with E-state index in [9.17, 15) is 14.4 Å². The predicted molar refractivity (Wildman–Crippen MR) is 112 cm³/mol. The van der Waals surface area contributed by atoms with Crippen LogP contribution in [0.25, 0.3) is 0 Å². The van der Waals surface area contributed by atoms with Crippen LogP contribution in [-0.4, -0.2) is 58.7 Å². The van der Waals surface area contributed by atoms with Gasteiger partial charge in [0.05, 0.1) is 0 Å². The predicted octanol–water partition coefficient (Wildman–Crippen LogP) is 1.56. The summed E-state index contributed by atoms with van der Waals surface area (Å²) in [7, 11) is 0. The van der Waals surface area contributed by atoms with E-state index in [2.05, 4.69) is 21.6 Å². The van der Waals surface area contributed by atoms with Gasteiger partial charge in [-0.2, -0.15) is 0 Å². The second-order valence-electron chi connectivity index (χ2n) is 9.20. The van der Waals surface area contributed by atoms with Crippen molar-refractivity contribution in [1.82, 2.24) is 20.4 Å². The number of nitrogens with one attached hydrogen (secondary N) is 2. The molecule has 30 heavy (non-hydrogen) atoms. The van der Waals surface area contributed by atoms with Crippen LogP contribution >= 0.6 is 0 Å². The first kappa shape index (κ1) is 19.7. The number of amides is 3. The van der Waals surface area contributed by atoms with Gasteiger partial charge >= 0.3 is 0 Å². The van der Waals surface area contributed by atoms with Crippen LogP contribution in [0.1, 0.15) is 66.4 Å². The van der Waals surface area contributed by atoms with Crippen LogP contribution < -0.4 is 10.6 Å². The van der Waals surface area contributed by atoms with Crippen molar-refractivity contribution < 1.29 is 14.4 Å². The second-order valence-corrected chi connectivity index (χ2v) is 9.20. The van der Waals surface area contributed by atoms with Gasteiger partial charge in [0.2, 0.25) is 11.8 Å². The van der Waals surface area contributed by atoms with E-state index >= 15 is 0 Å². The lowest BCUT2D eigenvalue weighted by molar-refractivity contribution is -0.136. The summed E-state index contributed by atoms with van der Waals surface area (Å²) in [6, 6.07) is 5.56. The SMILES string of the molecule is O=C1CCC(N2Cc3cccc(CN4CCCCC45CCNCC5)c3C2=O)C(=O)N1. The molecule has 0 aliphatic carbocycles. The lowest BCUT2D eigenvalue weighted by Crippen LogP contribution is -2.56. The first-order chi connectivity index (χ1) is 14.6. The number of hydrogen-bond acceptors (Lipinski definition) is 5. The summed E-state index contributed by atoms with van der Waals surface area (Å²) in [6.07, 6.45) is 6.75. The summed E-state index contributed by atoms with van der Waals surface area (Å²) in [6.45, 7) is 4.44. The highest BCUT2D eigenvalue weighted by molar-refractivity contribution is 6.06. The molecule has 1 atom stereocenters. The van der Waals surface area contributed by atoms with Crippen LogP contribution in [0.3, 0.4) is 0 Å². The largest absolute Gasteiger partial charge is 0.322 e. The van der Waals surface area contributed by atoms with E-state index in [0.29, 0.717) is 13.0 Å². The quantitative estimate of drug-likeness (QED) is 0.739. The zero-order chi connectivity index (χ0) is 20.7. The molecule has 0 bridgehead atoms. The number of carbonyl (C=O) groups is 3. The highest BCUT2D eigenvalue weighted by atomic mass is 16.2. The standard InChI is InChI=1S/C23H30N4O3/c28-19-7-6-18(21(29)25-19)27-15-17-5-3-4-16(20(17)22(27)30)14-26-13-2-1-8-23(26)9-11-24-12-10-23/h3-5,18,24H,1-2,6-15H2,(H,25,28,29). The van der Waals surface area contributed by atoms with Crippen LogP contribution in [0.5, 0.6) is 0 Å². The van der Waals surface area contributed by atoms with E-state index in [0.717, 1.165) is 42.9 Å². The molecular weight excluding hydrogens is 380 g/mol. The first-order valence-corrected chi connectivity index (χ1v) is 11.3. The minimum atomic E-state index is -0.554. The summed E-state index contributed by atoms with van der Waals surface area (Å²) >= 11 is 0. The Bertz CT molecular complexity index is 869. The van der Waals surface area contributed by atoms with Crippen molar-refractivity contribution >= 4 is 17.7 Å². The molecule has 1 spiro atoms. The van der Waals surface area contributed by atoms with Gasteiger partial charge < -0.3 is 10.2 Å². The average molecular weight is 411 g/mol. The molecule has 1 aromatic rings. The number of carbonyl (C=O) groups excluding carboxylic acids is 3. The lowest BCUT2D eigenvalue weighted by Gasteiger charge is -2.50. The zero-order valence-electron chi connectivity index (χ0n) is 17.4. The van der Waals surface area contributed by atoms with Crippen molar-refractivity contribution in [2.24, 2.45) is 0 Å². The van der Waals surface area contributed by atoms with Crippen molar-refractivity contribution in [3.8, 4) is 0 Å². The number of imide groups is 1. The molecule has 3 fully saturated rings. The van der Waals surface area contributed by atoms with Crippen LogP contribution in [0.2, 0.25) is 0 Å². The molecule has 3 amide bonds. The number of hydrogen-bond donors (Lipinski definition) is 2. The fraction of sp³-hybridized carbons (Fsp3) is 0.609. The van der Waals surface area contributed by atoms with Crippen LogP contribution in [0.15, 0.2) is 18.2 Å². The van der Waals surface area contributed by atoms with Crippen molar-refractivity contribution in [2.45, 2.75) is 69.6 Å². The van der Waals surface area contributed by atoms with E-state index in [1.165, 1.54) is 32.1 Å². The first-order valence-electron chi connectivity index (χ1n) is 11.3. The van der Waals surface area contributed by atoms with Crippen LogP contribution in [0.4, 0.5) is 0 Å². The number of likely N-dealkylation sites (tertiary alicyclic amines) is 1. The molecule has 2 N–H and O–H groups in total. The van der Waals surface area contributed by atoms with Crippen LogP contribution in [-0.2, 0) is 22.7 Å². The monoisotopic (exact) mass is 410 g/mol. The molecule has 4 aliphatic rings. The van der Waals surface area contributed by atoms with Crippen LogP contribution in [0, 0.1) is 0 Å². The van der Waals surface area contributed by atoms with Gasteiger partial charge in [0.25, 0.3) is 5.91 Å². The van der Waals surface area contributed by atoms with E-state index < -0.39 is 6.04 Å². The Morgan fingerprint density at radius 1 is 1.07 bits per heavy atom. The molecule has 1 aromatic carbocycles. The summed E-state index contributed by atoms with van der Waals surface area (Å²) < 4.78 is 0. The Kier molecular flexibility index (Phi) is 5.11. The van der Waals surface area contributed by atoms with Gasteiger partial charge in [-0.25, -0.2) is 0 Å². The number of fused-ring (bicyclic) bond motifs is 1. The fourth-order valence-electron chi connectivity index (χ4n) is 5.88. The molecule has 0 saturated carbocycles. The third kappa shape index (κ3) is 3.34. The Balaban J connectivity index is 1.40. The minimum Gasteiger partial charge on any atom is -0.322 e. The molecule has 1 unspecified atom stereocenters. The Labute approximate surface area is 177 Å². The Hall–Kier alpha value is -2.25. The Morgan fingerprint density at radius 3 is 2.70 bits per heavy atom. The third-order valence-corrected chi connectivity index (χ3v) is 7.53. The van der Waals surface area contributed by atoms with Crippen molar-refractivity contribution in [2.75, 3.05) is 19.6 Å². The minimum absolute atomic E-state index is 0.0635. The van der Waals surface area contributed by atoms with Crippen molar-refractivity contribution in [3.05, 3.63) is 34.9 Å². The maximum atomic E-state index is 13.4. The van der Waals surface area contributed by atoms with Crippen molar-refractivity contribution in [1.29, 1.82) is 0 Å². The highest BCUT2D eigenvalue weighted by Crippen LogP contribution is 2.38. The number of rotatable bonds is 3. The molecule has 7 nitrogen and oxygen atoms in total. The Morgan fingerprint density at radius 2 is 1.90 bits per heavy atom. The zero-order valence-corrected chi connectivity index (χ0v) is 17.4. The van der Waals surface area contributed by atoms with Crippen molar-refractivity contribution in [3.63, 3.8) is 0 Å². The molecule has 0 radical (unpaired) electrons. The smallest absolute Gasteiger partial charge is 0.255 e. The molecule has 3 saturated heterocycles. The van der Waals surface area contributed by atoms with E-state index in [4.69, 9.17) is 0 Å². The molecule has 7 heteroatoms. The lowest BCUT2D eigenvalue weighted by atomic mass is 9.78. The second kappa shape index (κ2) is 7.78. The van der Waals surface area contributed by atoms with Gasteiger partial charge in [-0.05, 0) is 62.9 Å². The molecule has 4 aliphatic heterocycles. The normalized spacial score (nSPS) is 26.7. The number of piperidine rings is 3. The topological polar surface area (TPSA) is 81.8 Å².